The Bertz CT molecular complexity index is 1570. The van der Waals surface area contributed by atoms with E-state index in [1.165, 1.54) is 0 Å². The molecule has 0 aliphatic heterocycles. The van der Waals surface area contributed by atoms with Crippen molar-refractivity contribution in [3.63, 3.8) is 0 Å². The molecular weight excluding hydrogens is 618 g/mol. The zero-order chi connectivity index (χ0) is 34.6. The fourth-order valence-electron chi connectivity index (χ4n) is 6.36. The molecule has 0 bridgehead atoms. The van der Waals surface area contributed by atoms with E-state index in [9.17, 15) is 32.8 Å². The fraction of sp³-hybridized carbons (Fsp3) is 0.447. The Morgan fingerprint density at radius 3 is 2.29 bits per heavy atom. The Kier molecular flexibility index (Phi) is 13.3. The van der Waals surface area contributed by atoms with Gasteiger partial charge in [-0.3, -0.25) is 19.2 Å². The molecule has 4 atom stereocenters. The Labute approximate surface area is 280 Å². The van der Waals surface area contributed by atoms with Crippen molar-refractivity contribution in [2.45, 2.75) is 90.3 Å². The first-order valence-electron chi connectivity index (χ1n) is 16.6. The molecule has 2 amide bonds. The van der Waals surface area contributed by atoms with Gasteiger partial charge in [-0.25, -0.2) is 13.6 Å². The SMILES string of the molecule is CC(C)C[C@H](CC(=O)[C@H](Cc1cccc2ccccc12)NC(=O)OCc1ccccc1)C(=O)N[C@@H](C[C@@H]1CCCCC1=O)C(=O)C(F)F. The van der Waals surface area contributed by atoms with Crippen molar-refractivity contribution in [2.75, 3.05) is 0 Å². The van der Waals surface area contributed by atoms with Gasteiger partial charge in [0.15, 0.2) is 5.78 Å². The summed E-state index contributed by atoms with van der Waals surface area (Å²) in [7, 11) is 0. The predicted molar refractivity (Wildman–Crippen MR) is 178 cm³/mol. The lowest BCUT2D eigenvalue weighted by atomic mass is 9.82. The fourth-order valence-corrected chi connectivity index (χ4v) is 6.36. The zero-order valence-electron chi connectivity index (χ0n) is 27.5. The first-order chi connectivity index (χ1) is 23.0. The third kappa shape index (κ3) is 10.5. The van der Waals surface area contributed by atoms with Crippen LogP contribution >= 0.6 is 0 Å². The molecule has 0 unspecified atom stereocenters. The standard InChI is InChI=1S/C38H44F2N2O6/c1-24(2)19-29(37(46)41-32(35(45)36(39)40)21-28-14-7-9-18-33(28)43)22-34(44)31(42-38(47)48-23-25-11-4-3-5-12-25)20-27-16-10-15-26-13-6-8-17-30(26)27/h3-6,8,10-13,15-17,24,28-29,31-32,36H,7,9,14,18-23H2,1-2H3,(H,41,46)(H,42,47)/t28-,29+,31-,32-/m0/s1. The number of carbonyl (C=O) groups is 5. The average Bonchev–Trinajstić information content (AvgIpc) is 3.07. The van der Waals surface area contributed by atoms with E-state index in [1.807, 2.05) is 74.5 Å². The molecule has 3 aromatic carbocycles. The second-order valence-corrected chi connectivity index (χ2v) is 13.0. The molecule has 0 aromatic heterocycles. The van der Waals surface area contributed by atoms with Crippen molar-refractivity contribution < 1.29 is 37.5 Å². The Hall–Kier alpha value is -4.47. The first kappa shape index (κ1) is 36.4. The van der Waals surface area contributed by atoms with Crippen LogP contribution in [0.5, 0.6) is 0 Å². The van der Waals surface area contributed by atoms with E-state index in [0.717, 1.165) is 28.3 Å². The molecule has 1 aliphatic carbocycles. The summed E-state index contributed by atoms with van der Waals surface area (Å²) in [5, 5.41) is 7.04. The second-order valence-electron chi connectivity index (χ2n) is 13.0. The number of Topliss-reactive ketones (excluding diaryl/α,β-unsaturated/α-hetero) is 3. The Morgan fingerprint density at radius 1 is 0.875 bits per heavy atom. The molecule has 0 heterocycles. The Morgan fingerprint density at radius 2 is 1.58 bits per heavy atom. The summed E-state index contributed by atoms with van der Waals surface area (Å²) in [6, 6.07) is 19.8. The number of carbonyl (C=O) groups excluding carboxylic acids is 5. The number of nitrogens with one attached hydrogen (secondary N) is 2. The van der Waals surface area contributed by atoms with Crippen molar-refractivity contribution >= 4 is 40.1 Å². The van der Waals surface area contributed by atoms with Gasteiger partial charge in [0.2, 0.25) is 11.7 Å². The van der Waals surface area contributed by atoms with Crippen molar-refractivity contribution in [2.24, 2.45) is 17.8 Å². The highest BCUT2D eigenvalue weighted by molar-refractivity contribution is 5.96. The number of rotatable bonds is 16. The number of ether oxygens (including phenoxy) is 1. The van der Waals surface area contributed by atoms with Crippen LogP contribution in [0.25, 0.3) is 10.8 Å². The molecule has 0 saturated heterocycles. The molecule has 3 aromatic rings. The van der Waals surface area contributed by atoms with E-state index >= 15 is 0 Å². The number of hydrogen-bond donors (Lipinski definition) is 2. The van der Waals surface area contributed by atoms with Crippen LogP contribution in [-0.4, -0.2) is 47.9 Å². The van der Waals surface area contributed by atoms with Gasteiger partial charge in [-0.1, -0.05) is 93.1 Å². The van der Waals surface area contributed by atoms with Gasteiger partial charge in [0.1, 0.15) is 12.4 Å². The number of amides is 2. The van der Waals surface area contributed by atoms with Gasteiger partial charge in [0.25, 0.3) is 6.43 Å². The normalized spacial score (nSPS) is 16.7. The second kappa shape index (κ2) is 17.6. The summed E-state index contributed by atoms with van der Waals surface area (Å²) in [6.07, 6.45) is -2.05. The molecule has 1 fully saturated rings. The quantitative estimate of drug-likeness (QED) is 0.175. The lowest BCUT2D eigenvalue weighted by Crippen LogP contribution is -2.49. The molecule has 4 rings (SSSR count). The molecule has 10 heteroatoms. The molecule has 0 spiro atoms. The first-order valence-corrected chi connectivity index (χ1v) is 16.6. The van der Waals surface area contributed by atoms with Crippen LogP contribution in [0.2, 0.25) is 0 Å². The highest BCUT2D eigenvalue weighted by Crippen LogP contribution is 2.27. The van der Waals surface area contributed by atoms with Crippen LogP contribution in [0, 0.1) is 17.8 Å². The molecule has 1 aliphatic rings. The summed E-state index contributed by atoms with van der Waals surface area (Å²) in [5.41, 5.74) is 1.57. The molecule has 2 N–H and O–H groups in total. The maximum Gasteiger partial charge on any atom is 0.408 e. The molecule has 8 nitrogen and oxygen atoms in total. The molecule has 48 heavy (non-hydrogen) atoms. The lowest BCUT2D eigenvalue weighted by Gasteiger charge is -2.28. The van der Waals surface area contributed by atoms with E-state index in [2.05, 4.69) is 10.6 Å². The predicted octanol–water partition coefficient (Wildman–Crippen LogP) is 6.77. The van der Waals surface area contributed by atoms with Gasteiger partial charge in [0.05, 0.1) is 12.1 Å². The van der Waals surface area contributed by atoms with Gasteiger partial charge in [0, 0.05) is 31.1 Å². The monoisotopic (exact) mass is 662 g/mol. The van der Waals surface area contributed by atoms with Gasteiger partial charge in [-0.2, -0.15) is 0 Å². The van der Waals surface area contributed by atoms with Crippen LogP contribution in [-0.2, 0) is 36.9 Å². The highest BCUT2D eigenvalue weighted by atomic mass is 19.3. The van der Waals surface area contributed by atoms with Crippen LogP contribution in [0.4, 0.5) is 13.6 Å². The van der Waals surface area contributed by atoms with E-state index < -0.39 is 53.9 Å². The third-order valence-corrected chi connectivity index (χ3v) is 8.85. The topological polar surface area (TPSA) is 119 Å². The minimum Gasteiger partial charge on any atom is -0.445 e. The maximum absolute atomic E-state index is 14.0. The van der Waals surface area contributed by atoms with Crippen molar-refractivity contribution in [3.8, 4) is 0 Å². The van der Waals surface area contributed by atoms with Gasteiger partial charge < -0.3 is 15.4 Å². The Balaban J connectivity index is 1.54. The van der Waals surface area contributed by atoms with E-state index in [1.54, 1.807) is 12.1 Å². The maximum atomic E-state index is 14.0. The van der Waals surface area contributed by atoms with Gasteiger partial charge in [-0.15, -0.1) is 0 Å². The molecule has 0 radical (unpaired) electrons. The minimum atomic E-state index is -3.32. The summed E-state index contributed by atoms with van der Waals surface area (Å²) in [6.45, 7) is 3.71. The number of hydrogen-bond acceptors (Lipinski definition) is 6. The van der Waals surface area contributed by atoms with Gasteiger partial charge >= 0.3 is 6.09 Å². The smallest absolute Gasteiger partial charge is 0.408 e. The molecule has 256 valence electrons. The summed E-state index contributed by atoms with van der Waals surface area (Å²) >= 11 is 0. The van der Waals surface area contributed by atoms with Crippen molar-refractivity contribution in [1.29, 1.82) is 0 Å². The number of fused-ring (bicyclic) bond motifs is 1. The average molecular weight is 663 g/mol. The van der Waals surface area contributed by atoms with Crippen molar-refractivity contribution in [3.05, 3.63) is 83.9 Å². The van der Waals surface area contributed by atoms with E-state index in [-0.39, 0.29) is 44.0 Å². The highest BCUT2D eigenvalue weighted by Gasteiger charge is 2.36. The van der Waals surface area contributed by atoms with Gasteiger partial charge in [-0.05, 0) is 53.5 Å². The van der Waals surface area contributed by atoms with Crippen LogP contribution in [0.1, 0.15) is 69.9 Å². The number of alkyl halides is 2. The minimum absolute atomic E-state index is 0.0106. The summed E-state index contributed by atoms with van der Waals surface area (Å²) in [4.78, 5) is 65.6. The van der Waals surface area contributed by atoms with E-state index in [0.29, 0.717) is 19.3 Å². The lowest BCUT2D eigenvalue weighted by molar-refractivity contribution is -0.138. The van der Waals surface area contributed by atoms with E-state index in [4.69, 9.17) is 4.74 Å². The zero-order valence-corrected chi connectivity index (χ0v) is 27.5. The number of benzene rings is 3. The number of halogens is 2. The molecule has 1 saturated carbocycles. The third-order valence-electron chi connectivity index (χ3n) is 8.85. The van der Waals surface area contributed by atoms with Crippen LogP contribution in [0.3, 0.4) is 0 Å². The number of alkyl carbamates (subject to hydrolysis) is 1. The van der Waals surface area contributed by atoms with Crippen LogP contribution in [0.15, 0.2) is 72.8 Å². The van der Waals surface area contributed by atoms with Crippen LogP contribution < -0.4 is 10.6 Å². The number of ketones is 3. The van der Waals surface area contributed by atoms with Crippen molar-refractivity contribution in [1.82, 2.24) is 10.6 Å². The summed E-state index contributed by atoms with van der Waals surface area (Å²) in [5.74, 6) is -4.32. The molecular formula is C38H44F2N2O6. The largest absolute Gasteiger partial charge is 0.445 e. The summed E-state index contributed by atoms with van der Waals surface area (Å²) < 4.78 is 32.7.